The highest BCUT2D eigenvalue weighted by Gasteiger charge is 2.57. The molecule has 0 radical (unpaired) electrons. The molecule has 0 aromatic carbocycles. The van der Waals surface area contributed by atoms with Crippen molar-refractivity contribution < 1.29 is 33.4 Å². The summed E-state index contributed by atoms with van der Waals surface area (Å²) >= 11 is 0. The molecule has 2 aliphatic carbocycles. The van der Waals surface area contributed by atoms with Gasteiger partial charge in [-0.25, -0.2) is 0 Å². The molecule has 1 aliphatic heterocycles. The first kappa shape index (κ1) is 41.1. The lowest BCUT2D eigenvalue weighted by atomic mass is 9.65. The second-order valence-electron chi connectivity index (χ2n) is 15.4. The SMILES string of the molecule is CC(=O)O[C@H]1CC(C)(C)C(/C=C/C(C)=C/C=C/C(C)=C/C=C/C=C(C)/C=C/C=C(\C)C2C=C3C(C)(C)C[C@H](OC(C)=O)C(=O)C3(C)O2)=C(C)C1=O. The van der Waals surface area contributed by atoms with Gasteiger partial charge in [-0.3, -0.25) is 19.2 Å². The van der Waals surface area contributed by atoms with Crippen molar-refractivity contribution in [1.82, 2.24) is 0 Å². The van der Waals surface area contributed by atoms with Crippen molar-refractivity contribution in [2.75, 3.05) is 0 Å². The zero-order chi connectivity index (χ0) is 38.3. The lowest BCUT2D eigenvalue weighted by Gasteiger charge is -2.44. The van der Waals surface area contributed by atoms with Gasteiger partial charge < -0.3 is 14.2 Å². The Labute approximate surface area is 305 Å². The van der Waals surface area contributed by atoms with E-state index in [9.17, 15) is 19.2 Å². The molecule has 0 N–H and O–H groups in total. The summed E-state index contributed by atoms with van der Waals surface area (Å²) in [6, 6.07) is 0. The molecule has 0 aromatic rings. The Kier molecular flexibility index (Phi) is 13.5. The normalized spacial score (nSPS) is 27.6. The van der Waals surface area contributed by atoms with E-state index in [0.29, 0.717) is 18.4 Å². The number of hydrogen-bond donors (Lipinski definition) is 0. The van der Waals surface area contributed by atoms with E-state index in [4.69, 9.17) is 14.2 Å². The highest BCUT2D eigenvalue weighted by atomic mass is 16.6. The van der Waals surface area contributed by atoms with Crippen LogP contribution in [0.2, 0.25) is 0 Å². The Hall–Kier alpha value is -4.36. The van der Waals surface area contributed by atoms with Gasteiger partial charge in [0.25, 0.3) is 0 Å². The summed E-state index contributed by atoms with van der Waals surface area (Å²) in [5, 5.41) is 0. The Bertz CT molecular complexity index is 1730. The van der Waals surface area contributed by atoms with Crippen LogP contribution >= 0.6 is 0 Å². The number of esters is 2. The number of hydrogen-bond acceptors (Lipinski definition) is 7. The summed E-state index contributed by atoms with van der Waals surface area (Å²) in [5.41, 5.74) is 4.97. The van der Waals surface area contributed by atoms with Crippen LogP contribution in [0.4, 0.5) is 0 Å². The van der Waals surface area contributed by atoms with Gasteiger partial charge in [-0.1, -0.05) is 117 Å². The highest BCUT2D eigenvalue weighted by Crippen LogP contribution is 2.51. The van der Waals surface area contributed by atoms with Crippen LogP contribution in [0.25, 0.3) is 0 Å². The van der Waals surface area contributed by atoms with E-state index in [1.165, 1.54) is 13.8 Å². The van der Waals surface area contributed by atoms with Crippen LogP contribution < -0.4 is 0 Å². The zero-order valence-electron chi connectivity index (χ0n) is 32.5. The minimum absolute atomic E-state index is 0.130. The number of carbonyl (C=O) groups is 4. The smallest absolute Gasteiger partial charge is 0.303 e. The molecule has 274 valence electrons. The maximum atomic E-state index is 13.3. The zero-order valence-corrected chi connectivity index (χ0v) is 32.5. The molecule has 1 heterocycles. The van der Waals surface area contributed by atoms with Gasteiger partial charge in [0.15, 0.2) is 23.6 Å². The molecule has 51 heavy (non-hydrogen) atoms. The molecule has 0 bridgehead atoms. The van der Waals surface area contributed by atoms with Gasteiger partial charge in [-0.15, -0.1) is 0 Å². The lowest BCUT2D eigenvalue weighted by molar-refractivity contribution is -0.167. The van der Waals surface area contributed by atoms with Gasteiger partial charge in [0.2, 0.25) is 5.78 Å². The molecule has 0 amide bonds. The minimum Gasteiger partial charge on any atom is -0.454 e. The number of carbonyl (C=O) groups excluding carboxylic acids is 4. The van der Waals surface area contributed by atoms with Gasteiger partial charge >= 0.3 is 11.9 Å². The van der Waals surface area contributed by atoms with Gasteiger partial charge in [-0.2, -0.15) is 0 Å². The molecule has 1 saturated carbocycles. The summed E-state index contributed by atoms with van der Waals surface area (Å²) in [6.07, 6.45) is 25.2. The molecule has 3 aliphatic rings. The number of ether oxygens (including phenoxy) is 3. The third-order valence-corrected chi connectivity index (χ3v) is 9.72. The van der Waals surface area contributed by atoms with Crippen LogP contribution in [-0.4, -0.2) is 47.4 Å². The van der Waals surface area contributed by atoms with Crippen molar-refractivity contribution in [3.8, 4) is 0 Å². The quantitative estimate of drug-likeness (QED) is 0.121. The topological polar surface area (TPSA) is 96.0 Å². The fraction of sp³-hybridized carbons (Fsp3) is 0.455. The summed E-state index contributed by atoms with van der Waals surface area (Å²) in [5.74, 6) is -1.24. The van der Waals surface area contributed by atoms with Crippen molar-refractivity contribution >= 4 is 23.5 Å². The van der Waals surface area contributed by atoms with E-state index in [1.807, 2.05) is 107 Å². The van der Waals surface area contributed by atoms with E-state index in [-0.39, 0.29) is 28.5 Å². The first-order chi connectivity index (χ1) is 23.7. The summed E-state index contributed by atoms with van der Waals surface area (Å²) in [6.45, 7) is 22.6. The van der Waals surface area contributed by atoms with E-state index in [0.717, 1.165) is 33.4 Å². The van der Waals surface area contributed by atoms with Crippen LogP contribution in [0.15, 0.2) is 118 Å². The fourth-order valence-electron chi connectivity index (χ4n) is 7.01. The van der Waals surface area contributed by atoms with Crippen LogP contribution in [0.1, 0.15) is 95.9 Å². The molecule has 0 spiro atoms. The number of allylic oxidation sites excluding steroid dienone is 16. The monoisotopic (exact) mass is 696 g/mol. The molecule has 0 saturated heterocycles. The van der Waals surface area contributed by atoms with Crippen molar-refractivity contribution in [2.45, 2.75) is 120 Å². The van der Waals surface area contributed by atoms with Gasteiger partial charge in [0.05, 0.1) is 6.10 Å². The molecular formula is C44H56O7. The number of ketones is 2. The molecule has 2 unspecified atom stereocenters. The second-order valence-corrected chi connectivity index (χ2v) is 15.4. The molecule has 1 fully saturated rings. The molecule has 7 heteroatoms. The first-order valence-corrected chi connectivity index (χ1v) is 17.6. The minimum atomic E-state index is -1.12. The number of Topliss-reactive ketones (excluding diaryl/α,β-unsaturated/α-hetero) is 2. The Morgan fingerprint density at radius 3 is 1.76 bits per heavy atom. The predicted octanol–water partition coefficient (Wildman–Crippen LogP) is 9.26. The maximum Gasteiger partial charge on any atom is 0.303 e. The van der Waals surface area contributed by atoms with Gasteiger partial charge in [-0.05, 0) is 80.7 Å². The third-order valence-electron chi connectivity index (χ3n) is 9.72. The average molecular weight is 697 g/mol. The fourth-order valence-corrected chi connectivity index (χ4v) is 7.01. The summed E-state index contributed by atoms with van der Waals surface area (Å²) in [7, 11) is 0. The van der Waals surface area contributed by atoms with Crippen molar-refractivity contribution in [2.24, 2.45) is 10.8 Å². The third kappa shape index (κ3) is 10.6. The average Bonchev–Trinajstić information content (AvgIpc) is 3.40. The number of fused-ring (bicyclic) bond motifs is 1. The molecule has 3 rings (SSSR count). The van der Waals surface area contributed by atoms with Crippen molar-refractivity contribution in [3.05, 3.63) is 118 Å². The Morgan fingerprint density at radius 1 is 0.706 bits per heavy atom. The first-order valence-electron chi connectivity index (χ1n) is 17.6. The summed E-state index contributed by atoms with van der Waals surface area (Å²) < 4.78 is 17.0. The molecular weight excluding hydrogens is 640 g/mol. The van der Waals surface area contributed by atoms with Gasteiger partial charge in [0, 0.05) is 26.7 Å². The Balaban J connectivity index is 1.57. The number of rotatable bonds is 11. The predicted molar refractivity (Wildman–Crippen MR) is 204 cm³/mol. The van der Waals surface area contributed by atoms with Crippen LogP contribution in [0, 0.1) is 10.8 Å². The second kappa shape index (κ2) is 16.8. The Morgan fingerprint density at radius 2 is 1.20 bits per heavy atom. The molecule has 4 atom stereocenters. The van der Waals surface area contributed by atoms with Crippen LogP contribution in [0.3, 0.4) is 0 Å². The largest absolute Gasteiger partial charge is 0.454 e. The van der Waals surface area contributed by atoms with E-state index in [2.05, 4.69) is 27.7 Å². The van der Waals surface area contributed by atoms with Crippen molar-refractivity contribution in [3.63, 3.8) is 0 Å². The molecule has 7 nitrogen and oxygen atoms in total. The maximum absolute atomic E-state index is 13.3. The van der Waals surface area contributed by atoms with E-state index in [1.54, 1.807) is 13.8 Å². The van der Waals surface area contributed by atoms with E-state index < -0.39 is 29.7 Å². The standard InChI is InChI=1S/C44H56O7/c1-28(19-15-20-30(3)23-24-35-32(5)40(47)37(49-33(6)45)26-42(35,8)9)17-13-14-18-29(2)21-16-22-31(4)36-25-39-43(10,11)27-38(50-34(7)46)41(48)44(39,12)51-36/h13-25,36-38H,26-27H2,1-12H3/b14-13+,19-15+,21-16+,24-23+,28-17+,29-18+,30-20+,31-22+/t36?,37-,38-,44?/m0/s1. The van der Waals surface area contributed by atoms with E-state index >= 15 is 0 Å². The van der Waals surface area contributed by atoms with Crippen molar-refractivity contribution in [1.29, 1.82) is 0 Å². The lowest BCUT2D eigenvalue weighted by Crippen LogP contribution is -2.55. The van der Waals surface area contributed by atoms with Crippen LogP contribution in [0.5, 0.6) is 0 Å². The molecule has 0 aromatic heterocycles. The van der Waals surface area contributed by atoms with Gasteiger partial charge in [0.1, 0.15) is 0 Å². The summed E-state index contributed by atoms with van der Waals surface area (Å²) in [4.78, 5) is 49.1. The highest BCUT2D eigenvalue weighted by molar-refractivity contribution is 6.01. The van der Waals surface area contributed by atoms with Crippen LogP contribution in [-0.2, 0) is 33.4 Å².